The van der Waals surface area contributed by atoms with Gasteiger partial charge >= 0.3 is 5.97 Å². The van der Waals surface area contributed by atoms with Crippen LogP contribution in [-0.2, 0) is 16.0 Å². The van der Waals surface area contributed by atoms with Gasteiger partial charge in [0.1, 0.15) is 10.4 Å². The average Bonchev–Trinajstić information content (AvgIpc) is 3.54. The van der Waals surface area contributed by atoms with Gasteiger partial charge in [-0.15, -0.1) is 0 Å². The first-order valence-electron chi connectivity index (χ1n) is 11.2. The molecule has 4 heterocycles. The van der Waals surface area contributed by atoms with Crippen molar-refractivity contribution < 1.29 is 14.3 Å². The van der Waals surface area contributed by atoms with Crippen LogP contribution in [0.25, 0.3) is 11.2 Å². The Balaban J connectivity index is 1.44. The van der Waals surface area contributed by atoms with Crippen LogP contribution in [0.15, 0.2) is 41.6 Å². The normalized spacial score (nSPS) is 14.7. The molecule has 0 saturated heterocycles. The number of allylic oxidation sites excluding steroid dienone is 3. The molecule has 2 aliphatic rings. The molecule has 11 heteroatoms. The van der Waals surface area contributed by atoms with Gasteiger partial charge in [0.25, 0.3) is 0 Å². The van der Waals surface area contributed by atoms with Crippen LogP contribution < -0.4 is 10.6 Å². The molecule has 176 valence electrons. The van der Waals surface area contributed by atoms with Crippen LogP contribution in [0.4, 0.5) is 16.9 Å². The molecule has 0 bridgehead atoms. The maximum absolute atomic E-state index is 12.2. The third-order valence-corrected chi connectivity index (χ3v) is 6.76. The second kappa shape index (κ2) is 9.26. The number of carbonyl (C=O) groups excluding carboxylic acids is 1. The van der Waals surface area contributed by atoms with Gasteiger partial charge in [-0.1, -0.05) is 11.3 Å². The van der Waals surface area contributed by atoms with E-state index in [-0.39, 0.29) is 5.97 Å². The lowest BCUT2D eigenvalue weighted by atomic mass is 10.1. The van der Waals surface area contributed by atoms with Gasteiger partial charge < -0.3 is 19.4 Å². The number of imidazole rings is 1. The summed E-state index contributed by atoms with van der Waals surface area (Å²) >= 11 is 1.21. The van der Waals surface area contributed by atoms with Crippen LogP contribution in [-0.4, -0.2) is 43.6 Å². The van der Waals surface area contributed by atoms with Crippen LogP contribution in [0.5, 0.6) is 0 Å². The van der Waals surface area contributed by atoms with Crippen LogP contribution in [0.1, 0.15) is 42.1 Å². The molecule has 0 atom stereocenters. The smallest absolute Gasteiger partial charge is 0.350 e. The molecular weight excluding hydrogens is 454 g/mol. The van der Waals surface area contributed by atoms with Crippen molar-refractivity contribution in [1.29, 1.82) is 0 Å². The molecule has 0 saturated carbocycles. The maximum Gasteiger partial charge on any atom is 0.350 e. The third-order valence-electron chi connectivity index (χ3n) is 5.70. The van der Waals surface area contributed by atoms with Crippen molar-refractivity contribution in [2.45, 2.75) is 40.2 Å². The minimum absolute atomic E-state index is 0.312. The summed E-state index contributed by atoms with van der Waals surface area (Å²) in [7, 11) is 0. The van der Waals surface area contributed by atoms with E-state index in [0.717, 1.165) is 24.9 Å². The zero-order valence-corrected chi connectivity index (χ0v) is 20.0. The van der Waals surface area contributed by atoms with Crippen LogP contribution in [0.2, 0.25) is 0 Å². The fourth-order valence-corrected chi connectivity index (χ4v) is 4.92. The molecule has 0 unspecified atom stereocenters. The van der Waals surface area contributed by atoms with E-state index < -0.39 is 0 Å². The zero-order valence-electron chi connectivity index (χ0n) is 19.2. The van der Waals surface area contributed by atoms with Gasteiger partial charge in [0.05, 0.1) is 31.2 Å². The van der Waals surface area contributed by atoms with E-state index in [1.807, 2.05) is 16.9 Å². The lowest BCUT2D eigenvalue weighted by Crippen LogP contribution is -2.10. The fourth-order valence-electron chi connectivity index (χ4n) is 4.06. The number of nitrogens with zero attached hydrogens (tertiary/aromatic N) is 5. The summed E-state index contributed by atoms with van der Waals surface area (Å²) in [6.07, 6.45) is 9.26. The number of hydrogen-bond donors (Lipinski definition) is 2. The van der Waals surface area contributed by atoms with Crippen molar-refractivity contribution >= 4 is 45.4 Å². The van der Waals surface area contributed by atoms with Gasteiger partial charge in [-0.05, 0) is 56.4 Å². The highest BCUT2D eigenvalue weighted by Crippen LogP contribution is 2.35. The summed E-state index contributed by atoms with van der Waals surface area (Å²) in [5, 5.41) is 7.15. The number of carbonyl (C=O) groups is 1. The molecule has 2 N–H and O–H groups in total. The number of aryl methyl sites for hydroxylation is 2. The summed E-state index contributed by atoms with van der Waals surface area (Å²) in [6.45, 7) is 7.32. The Morgan fingerprint density at radius 1 is 1.26 bits per heavy atom. The Hall–Kier alpha value is -3.73. The average molecular weight is 480 g/mol. The first kappa shape index (κ1) is 22.1. The van der Waals surface area contributed by atoms with Gasteiger partial charge in [-0.2, -0.15) is 9.97 Å². The first-order chi connectivity index (χ1) is 16.6. The van der Waals surface area contributed by atoms with Gasteiger partial charge in [0.15, 0.2) is 16.6 Å². The highest BCUT2D eigenvalue weighted by atomic mass is 32.1. The molecule has 0 fully saturated rings. The summed E-state index contributed by atoms with van der Waals surface area (Å²) in [5.41, 5.74) is 5.79. The van der Waals surface area contributed by atoms with Crippen molar-refractivity contribution in [2.24, 2.45) is 0 Å². The zero-order chi connectivity index (χ0) is 23.7. The topological polar surface area (TPSA) is 116 Å². The highest BCUT2D eigenvalue weighted by molar-refractivity contribution is 7.17. The summed E-state index contributed by atoms with van der Waals surface area (Å²) in [6, 6.07) is 0. The minimum Gasteiger partial charge on any atom is -0.472 e. The number of aromatic nitrogens is 5. The molecule has 0 amide bonds. The molecule has 3 aromatic heterocycles. The van der Waals surface area contributed by atoms with E-state index in [1.165, 1.54) is 28.1 Å². The van der Waals surface area contributed by atoms with Gasteiger partial charge in [0, 0.05) is 13.1 Å². The molecule has 0 spiro atoms. The Labute approximate surface area is 200 Å². The Bertz CT molecular complexity index is 1350. The maximum atomic E-state index is 12.2. The number of thiazole rings is 1. The summed E-state index contributed by atoms with van der Waals surface area (Å²) in [5.74, 6) is 0.663. The molecule has 3 aromatic rings. The number of fused-ring (bicyclic) bond motifs is 2. The van der Waals surface area contributed by atoms with Gasteiger partial charge in [-0.25, -0.2) is 14.8 Å². The number of rotatable bonds is 8. The monoisotopic (exact) mass is 479 g/mol. The lowest BCUT2D eigenvalue weighted by molar-refractivity contribution is 0.0531. The number of hydrogen-bond acceptors (Lipinski definition) is 10. The molecular formula is C23H25N7O3S. The van der Waals surface area contributed by atoms with Crippen LogP contribution in [0.3, 0.4) is 0 Å². The third kappa shape index (κ3) is 4.14. The second-order valence-electron chi connectivity index (χ2n) is 7.83. The fraction of sp³-hybridized carbons (Fsp3) is 0.348. The number of ether oxygens (including phenoxy) is 2. The molecule has 0 aromatic carbocycles. The van der Waals surface area contributed by atoms with Crippen molar-refractivity contribution in [3.8, 4) is 0 Å². The van der Waals surface area contributed by atoms with Gasteiger partial charge in [0.2, 0.25) is 5.95 Å². The summed E-state index contributed by atoms with van der Waals surface area (Å²) in [4.78, 5) is 30.8. The van der Waals surface area contributed by atoms with E-state index in [9.17, 15) is 4.79 Å². The van der Waals surface area contributed by atoms with Crippen molar-refractivity contribution in [3.63, 3.8) is 0 Å². The molecule has 1 aliphatic heterocycles. The predicted octanol–water partition coefficient (Wildman–Crippen LogP) is 4.46. The SMILES string of the molecule is CCOC(=O)c1sc(Nc2nc(NCC3=C4C=COC=C4CC3)c3c(ncn3CC)n2)nc1C. The number of nitrogens with one attached hydrogen (secondary N) is 2. The highest BCUT2D eigenvalue weighted by Gasteiger charge is 2.22. The number of anilines is 3. The Morgan fingerprint density at radius 2 is 2.15 bits per heavy atom. The molecule has 34 heavy (non-hydrogen) atoms. The summed E-state index contributed by atoms with van der Waals surface area (Å²) < 4.78 is 12.4. The van der Waals surface area contributed by atoms with E-state index in [2.05, 4.69) is 32.5 Å². The van der Waals surface area contributed by atoms with E-state index in [0.29, 0.717) is 46.3 Å². The standard InChI is InChI=1S/C23H25N7O3S/c1-4-30-12-25-20-17(30)19(24-10-14-6-7-15-11-32-9-8-16(14)15)27-22(28-20)29-23-26-13(3)18(34-23)21(31)33-5-2/h8-9,11-12H,4-7,10H2,1-3H3,(H2,24,26,27,28,29). The Morgan fingerprint density at radius 3 is 2.97 bits per heavy atom. The Kier molecular flexibility index (Phi) is 6.01. The quantitative estimate of drug-likeness (QED) is 0.452. The van der Waals surface area contributed by atoms with Crippen molar-refractivity contribution in [1.82, 2.24) is 24.5 Å². The van der Waals surface area contributed by atoms with E-state index >= 15 is 0 Å². The molecule has 5 rings (SSSR count). The van der Waals surface area contributed by atoms with Crippen molar-refractivity contribution in [2.75, 3.05) is 23.8 Å². The molecule has 0 radical (unpaired) electrons. The largest absolute Gasteiger partial charge is 0.472 e. The van der Waals surface area contributed by atoms with E-state index in [4.69, 9.17) is 14.5 Å². The van der Waals surface area contributed by atoms with Gasteiger partial charge in [-0.3, -0.25) is 5.32 Å². The predicted molar refractivity (Wildman–Crippen MR) is 130 cm³/mol. The number of esters is 1. The lowest BCUT2D eigenvalue weighted by Gasteiger charge is -2.12. The minimum atomic E-state index is -0.382. The second-order valence-corrected chi connectivity index (χ2v) is 8.83. The molecule has 1 aliphatic carbocycles. The van der Waals surface area contributed by atoms with Crippen LogP contribution in [0, 0.1) is 6.92 Å². The first-order valence-corrected chi connectivity index (χ1v) is 12.0. The van der Waals surface area contributed by atoms with Crippen molar-refractivity contribution in [3.05, 3.63) is 52.2 Å². The van der Waals surface area contributed by atoms with E-state index in [1.54, 1.807) is 26.4 Å². The van der Waals surface area contributed by atoms with Crippen LogP contribution >= 0.6 is 11.3 Å². The molecule has 10 nitrogen and oxygen atoms in total.